The SMILES string of the molecule is CC(NCC(N)C(N)=O)c1ccc(Cl)s1. The number of thiophene rings is 1. The van der Waals surface area contributed by atoms with Crippen molar-refractivity contribution in [1.82, 2.24) is 5.32 Å². The maximum absolute atomic E-state index is 10.7. The standard InChI is InChI=1S/C9H14ClN3OS/c1-5(7-2-3-8(10)15-7)13-4-6(11)9(12)14/h2-3,5-6,13H,4,11H2,1H3,(H2,12,14). The van der Waals surface area contributed by atoms with E-state index >= 15 is 0 Å². The molecule has 0 bridgehead atoms. The minimum absolute atomic E-state index is 0.118. The maximum atomic E-state index is 10.7. The molecule has 0 saturated carbocycles. The van der Waals surface area contributed by atoms with E-state index in [9.17, 15) is 4.79 Å². The number of hydrogen-bond donors (Lipinski definition) is 3. The Labute approximate surface area is 97.6 Å². The van der Waals surface area contributed by atoms with E-state index in [0.717, 1.165) is 9.21 Å². The Morgan fingerprint density at radius 1 is 1.67 bits per heavy atom. The van der Waals surface area contributed by atoms with Gasteiger partial charge in [0.05, 0.1) is 10.4 Å². The lowest BCUT2D eigenvalue weighted by Crippen LogP contribution is -2.44. The molecule has 1 rings (SSSR count). The van der Waals surface area contributed by atoms with E-state index in [-0.39, 0.29) is 6.04 Å². The van der Waals surface area contributed by atoms with Crippen LogP contribution in [0, 0.1) is 0 Å². The van der Waals surface area contributed by atoms with Crippen molar-refractivity contribution in [2.75, 3.05) is 6.54 Å². The fourth-order valence-corrected chi connectivity index (χ4v) is 2.15. The average Bonchev–Trinajstić information content (AvgIpc) is 2.60. The van der Waals surface area contributed by atoms with Crippen molar-refractivity contribution in [3.05, 3.63) is 21.3 Å². The topological polar surface area (TPSA) is 81.1 Å². The van der Waals surface area contributed by atoms with Crippen molar-refractivity contribution in [2.45, 2.75) is 19.0 Å². The van der Waals surface area contributed by atoms with Crippen LogP contribution in [0.4, 0.5) is 0 Å². The van der Waals surface area contributed by atoms with Crippen LogP contribution in [-0.4, -0.2) is 18.5 Å². The van der Waals surface area contributed by atoms with Gasteiger partial charge in [0.25, 0.3) is 0 Å². The number of carbonyl (C=O) groups is 1. The molecule has 0 fully saturated rings. The van der Waals surface area contributed by atoms with Crippen LogP contribution < -0.4 is 16.8 Å². The largest absolute Gasteiger partial charge is 0.368 e. The molecule has 1 heterocycles. The predicted molar refractivity (Wildman–Crippen MR) is 62.9 cm³/mol. The monoisotopic (exact) mass is 247 g/mol. The van der Waals surface area contributed by atoms with E-state index in [1.54, 1.807) is 0 Å². The van der Waals surface area contributed by atoms with Crippen molar-refractivity contribution in [2.24, 2.45) is 11.5 Å². The van der Waals surface area contributed by atoms with E-state index < -0.39 is 11.9 Å². The van der Waals surface area contributed by atoms with Gasteiger partial charge in [0, 0.05) is 17.5 Å². The third-order valence-corrected chi connectivity index (χ3v) is 3.44. The molecule has 2 unspecified atom stereocenters. The molecule has 84 valence electrons. The molecule has 4 nitrogen and oxygen atoms in total. The highest BCUT2D eigenvalue weighted by Gasteiger charge is 2.12. The van der Waals surface area contributed by atoms with Crippen LogP contribution in [-0.2, 0) is 4.79 Å². The second-order valence-electron chi connectivity index (χ2n) is 3.28. The Kier molecular flexibility index (Phi) is 4.53. The molecule has 0 spiro atoms. The molecule has 1 amide bonds. The first-order valence-corrected chi connectivity index (χ1v) is 5.73. The number of hydrogen-bond acceptors (Lipinski definition) is 4. The minimum Gasteiger partial charge on any atom is -0.368 e. The van der Waals surface area contributed by atoms with Crippen LogP contribution >= 0.6 is 22.9 Å². The molecule has 1 aromatic rings. The van der Waals surface area contributed by atoms with E-state index in [2.05, 4.69) is 5.32 Å². The third kappa shape index (κ3) is 3.79. The van der Waals surface area contributed by atoms with Crippen molar-refractivity contribution >= 4 is 28.8 Å². The van der Waals surface area contributed by atoms with E-state index in [4.69, 9.17) is 23.1 Å². The van der Waals surface area contributed by atoms with Crippen molar-refractivity contribution in [3.8, 4) is 0 Å². The first-order chi connectivity index (χ1) is 7.00. The fraction of sp³-hybridized carbons (Fsp3) is 0.444. The summed E-state index contributed by atoms with van der Waals surface area (Å²) in [5.41, 5.74) is 10.5. The van der Waals surface area contributed by atoms with Gasteiger partial charge in [-0.25, -0.2) is 0 Å². The van der Waals surface area contributed by atoms with Crippen molar-refractivity contribution in [1.29, 1.82) is 0 Å². The Hall–Kier alpha value is -0.620. The molecular weight excluding hydrogens is 234 g/mol. The molecular formula is C9H14ClN3OS. The summed E-state index contributed by atoms with van der Waals surface area (Å²) in [6.07, 6.45) is 0. The summed E-state index contributed by atoms with van der Waals surface area (Å²) in [6.45, 7) is 2.35. The summed E-state index contributed by atoms with van der Waals surface area (Å²) >= 11 is 7.31. The molecule has 0 saturated heterocycles. The lowest BCUT2D eigenvalue weighted by molar-refractivity contribution is -0.119. The van der Waals surface area contributed by atoms with Gasteiger partial charge in [0.2, 0.25) is 5.91 Å². The van der Waals surface area contributed by atoms with E-state index in [1.807, 2.05) is 19.1 Å². The van der Waals surface area contributed by atoms with E-state index in [0.29, 0.717) is 6.54 Å². The Morgan fingerprint density at radius 2 is 2.33 bits per heavy atom. The molecule has 2 atom stereocenters. The normalized spacial score (nSPS) is 14.9. The summed E-state index contributed by atoms with van der Waals surface area (Å²) in [4.78, 5) is 11.8. The summed E-state index contributed by atoms with van der Waals surface area (Å²) < 4.78 is 0.748. The fourth-order valence-electron chi connectivity index (χ4n) is 1.07. The molecule has 0 radical (unpaired) electrons. The van der Waals surface area contributed by atoms with Gasteiger partial charge in [0.1, 0.15) is 0 Å². The van der Waals surface area contributed by atoms with Crippen LogP contribution in [0.2, 0.25) is 4.34 Å². The third-order valence-electron chi connectivity index (χ3n) is 2.03. The van der Waals surface area contributed by atoms with Crippen LogP contribution in [0.25, 0.3) is 0 Å². The zero-order valence-electron chi connectivity index (χ0n) is 8.37. The number of nitrogens with one attached hydrogen (secondary N) is 1. The molecule has 5 N–H and O–H groups in total. The van der Waals surface area contributed by atoms with Gasteiger partial charge in [-0.3, -0.25) is 4.79 Å². The number of amides is 1. The van der Waals surface area contributed by atoms with E-state index in [1.165, 1.54) is 11.3 Å². The highest BCUT2D eigenvalue weighted by molar-refractivity contribution is 7.16. The van der Waals surface area contributed by atoms with Gasteiger partial charge in [0.15, 0.2) is 0 Å². The van der Waals surface area contributed by atoms with Gasteiger partial charge >= 0.3 is 0 Å². The first kappa shape index (κ1) is 12.4. The minimum atomic E-state index is -0.650. The molecule has 0 aliphatic heterocycles. The number of carbonyl (C=O) groups excluding carboxylic acids is 1. The molecule has 0 aromatic carbocycles. The van der Waals surface area contributed by atoms with Gasteiger partial charge in [-0.15, -0.1) is 11.3 Å². The molecule has 0 aliphatic rings. The summed E-state index contributed by atoms with van der Waals surface area (Å²) in [5.74, 6) is -0.501. The highest BCUT2D eigenvalue weighted by atomic mass is 35.5. The van der Waals surface area contributed by atoms with Gasteiger partial charge < -0.3 is 16.8 Å². The van der Waals surface area contributed by atoms with Crippen LogP contribution in [0.3, 0.4) is 0 Å². The number of halogens is 1. The predicted octanol–water partition coefficient (Wildman–Crippen LogP) is 0.865. The molecule has 1 aromatic heterocycles. The van der Waals surface area contributed by atoms with Gasteiger partial charge in [-0.05, 0) is 19.1 Å². The number of rotatable bonds is 5. The molecule has 15 heavy (non-hydrogen) atoms. The first-order valence-electron chi connectivity index (χ1n) is 4.54. The lowest BCUT2D eigenvalue weighted by Gasteiger charge is -2.14. The van der Waals surface area contributed by atoms with Crippen LogP contribution in [0.5, 0.6) is 0 Å². The maximum Gasteiger partial charge on any atom is 0.235 e. The summed E-state index contributed by atoms with van der Waals surface area (Å²) in [6, 6.07) is 3.25. The smallest absolute Gasteiger partial charge is 0.235 e. The Morgan fingerprint density at radius 3 is 2.80 bits per heavy atom. The van der Waals surface area contributed by atoms with Crippen LogP contribution in [0.1, 0.15) is 17.8 Å². The average molecular weight is 248 g/mol. The second kappa shape index (κ2) is 5.46. The lowest BCUT2D eigenvalue weighted by atomic mass is 10.2. The van der Waals surface area contributed by atoms with Gasteiger partial charge in [-0.2, -0.15) is 0 Å². The van der Waals surface area contributed by atoms with Crippen molar-refractivity contribution < 1.29 is 4.79 Å². The molecule has 6 heteroatoms. The number of nitrogens with two attached hydrogens (primary N) is 2. The highest BCUT2D eigenvalue weighted by Crippen LogP contribution is 2.26. The zero-order chi connectivity index (χ0) is 11.4. The van der Waals surface area contributed by atoms with Crippen LogP contribution in [0.15, 0.2) is 12.1 Å². The quantitative estimate of drug-likeness (QED) is 0.722. The molecule has 0 aliphatic carbocycles. The van der Waals surface area contributed by atoms with Crippen molar-refractivity contribution in [3.63, 3.8) is 0 Å². The number of primary amides is 1. The summed E-state index contributed by atoms with van der Waals surface area (Å²) in [7, 11) is 0. The Balaban J connectivity index is 2.43. The second-order valence-corrected chi connectivity index (χ2v) is 5.03. The van der Waals surface area contributed by atoms with Gasteiger partial charge in [-0.1, -0.05) is 11.6 Å². The summed E-state index contributed by atoms with van der Waals surface area (Å²) in [5, 5.41) is 3.12. The Bertz CT molecular complexity index is 342. The zero-order valence-corrected chi connectivity index (χ0v) is 9.94.